The molecule has 0 saturated heterocycles. The van der Waals surface area contributed by atoms with E-state index < -0.39 is 0 Å². The van der Waals surface area contributed by atoms with E-state index in [-0.39, 0.29) is 5.91 Å². The molecular weight excluding hydrogens is 483 g/mol. The average molecular weight is 505 g/mol. The van der Waals surface area contributed by atoms with Crippen molar-refractivity contribution in [3.05, 3.63) is 129 Å². The standard InChI is InChI=1S/C28H22Cl2N2O3/c29-24-11-8-23(27(30)16-24)19-35-26-14-9-22(10-15-26)28(33)32-31-17-20-6-12-25(13-7-20)34-18-21-4-2-1-3-5-21/h1-17H,18-19H2,(H,32,33)/b31-17+. The topological polar surface area (TPSA) is 59.9 Å². The van der Waals surface area contributed by atoms with Gasteiger partial charge in [-0.2, -0.15) is 5.10 Å². The predicted octanol–water partition coefficient (Wildman–Crippen LogP) is 6.92. The Morgan fingerprint density at radius 3 is 2.14 bits per heavy atom. The van der Waals surface area contributed by atoms with Gasteiger partial charge in [0.2, 0.25) is 0 Å². The molecule has 176 valence electrons. The third kappa shape index (κ3) is 7.34. The van der Waals surface area contributed by atoms with Crippen LogP contribution in [0.5, 0.6) is 11.5 Å². The molecule has 0 radical (unpaired) electrons. The van der Waals surface area contributed by atoms with Gasteiger partial charge in [-0.3, -0.25) is 4.79 Å². The van der Waals surface area contributed by atoms with E-state index in [2.05, 4.69) is 10.5 Å². The molecule has 0 aliphatic heterocycles. The quantitative estimate of drug-likeness (QED) is 0.199. The third-order valence-electron chi connectivity index (χ3n) is 5.03. The Kier molecular flexibility index (Phi) is 8.39. The van der Waals surface area contributed by atoms with Gasteiger partial charge in [-0.15, -0.1) is 0 Å². The van der Waals surface area contributed by atoms with E-state index in [0.29, 0.717) is 34.6 Å². The summed E-state index contributed by atoms with van der Waals surface area (Å²) in [5, 5.41) is 5.15. The summed E-state index contributed by atoms with van der Waals surface area (Å²) >= 11 is 12.1. The molecule has 0 heterocycles. The second-order valence-corrected chi connectivity index (χ2v) is 8.43. The van der Waals surface area contributed by atoms with Gasteiger partial charge in [0.1, 0.15) is 24.7 Å². The molecule has 5 nitrogen and oxygen atoms in total. The summed E-state index contributed by atoms with van der Waals surface area (Å²) in [6.45, 7) is 0.797. The lowest BCUT2D eigenvalue weighted by atomic mass is 10.2. The van der Waals surface area contributed by atoms with Gasteiger partial charge in [-0.25, -0.2) is 5.43 Å². The van der Waals surface area contributed by atoms with Crippen molar-refractivity contribution < 1.29 is 14.3 Å². The van der Waals surface area contributed by atoms with E-state index in [4.69, 9.17) is 32.7 Å². The van der Waals surface area contributed by atoms with E-state index in [1.165, 1.54) is 0 Å². The van der Waals surface area contributed by atoms with Crippen LogP contribution in [0.3, 0.4) is 0 Å². The SMILES string of the molecule is O=C(N/N=C/c1ccc(OCc2ccccc2)cc1)c1ccc(OCc2ccc(Cl)cc2Cl)cc1. The molecule has 1 amide bonds. The molecule has 1 N–H and O–H groups in total. The van der Waals surface area contributed by atoms with Gasteiger partial charge < -0.3 is 9.47 Å². The van der Waals surface area contributed by atoms with Crippen molar-refractivity contribution >= 4 is 35.3 Å². The Bertz CT molecular complexity index is 1290. The maximum Gasteiger partial charge on any atom is 0.271 e. The molecular formula is C28H22Cl2N2O3. The van der Waals surface area contributed by atoms with Crippen molar-refractivity contribution in [3.63, 3.8) is 0 Å². The number of ether oxygens (including phenoxy) is 2. The minimum absolute atomic E-state index is 0.294. The number of hydrazone groups is 1. The Balaban J connectivity index is 1.24. The molecule has 0 atom stereocenters. The van der Waals surface area contributed by atoms with Crippen LogP contribution < -0.4 is 14.9 Å². The Morgan fingerprint density at radius 1 is 0.800 bits per heavy atom. The zero-order valence-electron chi connectivity index (χ0n) is 18.7. The molecule has 0 aromatic heterocycles. The first kappa shape index (κ1) is 24.3. The molecule has 35 heavy (non-hydrogen) atoms. The maximum absolute atomic E-state index is 12.4. The van der Waals surface area contributed by atoms with Crippen LogP contribution in [0.2, 0.25) is 10.0 Å². The summed E-state index contributed by atoms with van der Waals surface area (Å²) in [5.41, 5.74) is 5.75. The van der Waals surface area contributed by atoms with Crippen molar-refractivity contribution in [2.45, 2.75) is 13.2 Å². The normalized spacial score (nSPS) is 10.8. The van der Waals surface area contributed by atoms with Crippen molar-refractivity contribution in [3.8, 4) is 11.5 Å². The second-order valence-electron chi connectivity index (χ2n) is 7.59. The van der Waals surface area contributed by atoms with Gasteiger partial charge >= 0.3 is 0 Å². The first-order valence-corrected chi connectivity index (χ1v) is 11.6. The number of halogens is 2. The molecule has 0 unspecified atom stereocenters. The highest BCUT2D eigenvalue weighted by Crippen LogP contribution is 2.23. The summed E-state index contributed by atoms with van der Waals surface area (Å²) in [7, 11) is 0. The molecule has 7 heteroatoms. The van der Waals surface area contributed by atoms with Crippen molar-refractivity contribution in [2.75, 3.05) is 0 Å². The Hall–Kier alpha value is -3.80. The number of carbonyl (C=O) groups is 1. The van der Waals surface area contributed by atoms with Gasteiger partial charge in [-0.05, 0) is 71.8 Å². The minimum atomic E-state index is -0.323. The number of hydrogen-bond acceptors (Lipinski definition) is 4. The zero-order valence-corrected chi connectivity index (χ0v) is 20.2. The number of rotatable bonds is 9. The largest absolute Gasteiger partial charge is 0.489 e. The first-order valence-electron chi connectivity index (χ1n) is 10.8. The van der Waals surface area contributed by atoms with Crippen molar-refractivity contribution in [1.29, 1.82) is 0 Å². The molecule has 4 aromatic carbocycles. The number of carbonyl (C=O) groups excluding carboxylic acids is 1. The Labute approximate surface area is 213 Å². The first-order chi connectivity index (χ1) is 17.1. The highest BCUT2D eigenvalue weighted by molar-refractivity contribution is 6.35. The number of amides is 1. The molecule has 0 bridgehead atoms. The number of hydrogen-bond donors (Lipinski definition) is 1. The minimum Gasteiger partial charge on any atom is -0.489 e. The number of nitrogens with zero attached hydrogens (tertiary/aromatic N) is 1. The van der Waals surface area contributed by atoms with Gasteiger partial charge in [-0.1, -0.05) is 59.6 Å². The monoisotopic (exact) mass is 504 g/mol. The van der Waals surface area contributed by atoms with Crippen LogP contribution in [-0.2, 0) is 13.2 Å². The van der Waals surface area contributed by atoms with Gasteiger partial charge in [0.25, 0.3) is 5.91 Å². The summed E-state index contributed by atoms with van der Waals surface area (Å²) in [4.78, 5) is 12.4. The fourth-order valence-electron chi connectivity index (χ4n) is 3.12. The summed E-state index contributed by atoms with van der Waals surface area (Å²) in [5.74, 6) is 1.05. The lowest BCUT2D eigenvalue weighted by molar-refractivity contribution is 0.0955. The summed E-state index contributed by atoms with van der Waals surface area (Å²) in [6.07, 6.45) is 1.58. The van der Waals surface area contributed by atoms with Crippen LogP contribution in [0.15, 0.2) is 102 Å². The molecule has 0 saturated carbocycles. The smallest absolute Gasteiger partial charge is 0.271 e. The van der Waals surface area contributed by atoms with Gasteiger partial charge in [0.15, 0.2) is 0 Å². The second kappa shape index (κ2) is 12.1. The third-order valence-corrected chi connectivity index (χ3v) is 5.62. The lowest BCUT2D eigenvalue weighted by Gasteiger charge is -2.08. The van der Waals surface area contributed by atoms with Crippen molar-refractivity contribution in [2.24, 2.45) is 5.10 Å². The molecule has 4 aromatic rings. The van der Waals surface area contributed by atoms with E-state index in [1.54, 1.807) is 42.6 Å². The number of nitrogens with one attached hydrogen (secondary N) is 1. The van der Waals surface area contributed by atoms with Crippen molar-refractivity contribution in [1.82, 2.24) is 5.43 Å². The van der Waals surface area contributed by atoms with E-state index in [0.717, 1.165) is 22.4 Å². The van der Waals surface area contributed by atoms with Gasteiger partial charge in [0.05, 0.1) is 6.21 Å². The summed E-state index contributed by atoms with van der Waals surface area (Å²) in [6, 6.07) is 29.5. The van der Waals surface area contributed by atoms with Crippen LogP contribution in [-0.4, -0.2) is 12.1 Å². The maximum atomic E-state index is 12.4. The van der Waals surface area contributed by atoms with Crippen LogP contribution in [0.25, 0.3) is 0 Å². The van der Waals surface area contributed by atoms with Crippen LogP contribution >= 0.6 is 23.2 Å². The molecule has 0 fully saturated rings. The van der Waals surface area contributed by atoms with E-state index >= 15 is 0 Å². The van der Waals surface area contributed by atoms with E-state index in [9.17, 15) is 4.79 Å². The van der Waals surface area contributed by atoms with E-state index in [1.807, 2.05) is 60.7 Å². The predicted molar refractivity (Wildman–Crippen MR) is 140 cm³/mol. The fraction of sp³-hybridized carbons (Fsp3) is 0.0714. The van der Waals surface area contributed by atoms with Gasteiger partial charge in [0, 0.05) is 21.2 Å². The lowest BCUT2D eigenvalue weighted by Crippen LogP contribution is -2.17. The highest BCUT2D eigenvalue weighted by atomic mass is 35.5. The molecule has 0 aliphatic carbocycles. The average Bonchev–Trinajstić information content (AvgIpc) is 2.88. The van der Waals surface area contributed by atoms with Crippen LogP contribution in [0.4, 0.5) is 0 Å². The number of benzene rings is 4. The summed E-state index contributed by atoms with van der Waals surface area (Å²) < 4.78 is 11.5. The van der Waals surface area contributed by atoms with Crippen LogP contribution in [0, 0.1) is 0 Å². The fourth-order valence-corrected chi connectivity index (χ4v) is 3.59. The highest BCUT2D eigenvalue weighted by Gasteiger charge is 2.06. The molecule has 4 rings (SSSR count). The zero-order chi connectivity index (χ0) is 24.5. The molecule has 0 aliphatic rings. The molecule has 0 spiro atoms. The Morgan fingerprint density at radius 2 is 1.46 bits per heavy atom. The van der Waals surface area contributed by atoms with Crippen LogP contribution in [0.1, 0.15) is 27.0 Å².